The van der Waals surface area contributed by atoms with E-state index < -0.39 is 6.10 Å². The average Bonchev–Trinajstić information content (AvgIpc) is 3.33. The second kappa shape index (κ2) is 8.62. The highest BCUT2D eigenvalue weighted by Crippen LogP contribution is 2.16. The van der Waals surface area contributed by atoms with Crippen molar-refractivity contribution in [2.24, 2.45) is 0 Å². The van der Waals surface area contributed by atoms with Crippen molar-refractivity contribution in [1.82, 2.24) is 20.0 Å². The number of benzene rings is 1. The van der Waals surface area contributed by atoms with Gasteiger partial charge in [-0.3, -0.25) is 0 Å². The molecule has 2 atom stereocenters. The lowest BCUT2D eigenvalue weighted by Crippen LogP contribution is -2.46. The Bertz CT molecular complexity index is 1010. The van der Waals surface area contributed by atoms with Crippen molar-refractivity contribution in [3.8, 4) is 11.8 Å². The number of ether oxygens (including phenoxy) is 1. The molecule has 1 unspecified atom stereocenters. The van der Waals surface area contributed by atoms with Crippen LogP contribution in [0, 0.1) is 11.8 Å². The minimum atomic E-state index is -0.640. The van der Waals surface area contributed by atoms with Gasteiger partial charge in [0.15, 0.2) is 0 Å². The Hall–Kier alpha value is -2.92. The zero-order valence-electron chi connectivity index (χ0n) is 16.5. The van der Waals surface area contributed by atoms with Crippen LogP contribution in [0.4, 0.5) is 0 Å². The van der Waals surface area contributed by atoms with E-state index in [1.165, 1.54) is 5.56 Å². The fourth-order valence-electron chi connectivity index (χ4n) is 3.21. The third kappa shape index (κ3) is 4.74. The van der Waals surface area contributed by atoms with E-state index in [-0.39, 0.29) is 6.04 Å². The SMILES string of the molecule is CC(NC1COC1)c1ccc(C#Cc2cc(Cn3ccnc3[C@H](C)O)no2)cc1. The first-order chi connectivity index (χ1) is 14.1. The molecule has 3 aromatic rings. The maximum absolute atomic E-state index is 9.74. The van der Waals surface area contributed by atoms with Crippen LogP contribution in [0.1, 0.15) is 54.4 Å². The molecule has 1 fully saturated rings. The Morgan fingerprint density at radius 1 is 1.24 bits per heavy atom. The zero-order valence-corrected chi connectivity index (χ0v) is 16.5. The van der Waals surface area contributed by atoms with E-state index in [1.54, 1.807) is 25.4 Å². The summed E-state index contributed by atoms with van der Waals surface area (Å²) in [7, 11) is 0. The van der Waals surface area contributed by atoms with Crippen molar-refractivity contribution in [3.05, 3.63) is 71.1 Å². The molecule has 150 valence electrons. The number of nitrogens with one attached hydrogen (secondary N) is 1. The molecule has 0 saturated carbocycles. The number of aromatic nitrogens is 3. The van der Waals surface area contributed by atoms with Crippen molar-refractivity contribution in [2.75, 3.05) is 13.2 Å². The summed E-state index contributed by atoms with van der Waals surface area (Å²) in [5.41, 5.74) is 2.86. The van der Waals surface area contributed by atoms with E-state index in [9.17, 15) is 5.11 Å². The number of hydrogen-bond donors (Lipinski definition) is 2. The Kier molecular flexibility index (Phi) is 5.76. The Balaban J connectivity index is 1.38. The third-order valence-electron chi connectivity index (χ3n) is 4.88. The lowest BCUT2D eigenvalue weighted by molar-refractivity contribution is -0.00925. The molecule has 2 N–H and O–H groups in total. The van der Waals surface area contributed by atoms with Gasteiger partial charge in [-0.15, -0.1) is 0 Å². The Labute approximate surface area is 169 Å². The highest BCUT2D eigenvalue weighted by atomic mass is 16.5. The van der Waals surface area contributed by atoms with E-state index in [0.29, 0.717) is 24.2 Å². The lowest BCUT2D eigenvalue weighted by atomic mass is 10.0. The van der Waals surface area contributed by atoms with Gasteiger partial charge in [-0.2, -0.15) is 0 Å². The first-order valence-electron chi connectivity index (χ1n) is 9.69. The summed E-state index contributed by atoms with van der Waals surface area (Å²) in [6.45, 7) is 5.88. The highest BCUT2D eigenvalue weighted by molar-refractivity contribution is 5.41. The summed E-state index contributed by atoms with van der Waals surface area (Å²) in [5.74, 6) is 7.22. The molecule has 0 bridgehead atoms. The molecule has 1 saturated heterocycles. The van der Waals surface area contributed by atoms with Crippen LogP contribution in [0.3, 0.4) is 0 Å². The van der Waals surface area contributed by atoms with E-state index >= 15 is 0 Å². The van der Waals surface area contributed by atoms with Gasteiger partial charge in [0.2, 0.25) is 5.76 Å². The standard InChI is InChI=1S/C22H24N4O3/c1-15(24-20-13-28-14-20)18-6-3-17(4-7-18)5-8-21-11-19(25-29-21)12-26-10-9-23-22(26)16(2)27/h3-4,6-7,9-11,15-16,20,24,27H,12-14H2,1-2H3/t15?,16-/m0/s1. The molecule has 29 heavy (non-hydrogen) atoms. The van der Waals surface area contributed by atoms with Gasteiger partial charge < -0.3 is 24.3 Å². The molecule has 4 rings (SSSR count). The summed E-state index contributed by atoms with van der Waals surface area (Å²) in [5, 5.41) is 17.3. The molecular weight excluding hydrogens is 368 g/mol. The first-order valence-corrected chi connectivity index (χ1v) is 9.69. The molecule has 3 heterocycles. The summed E-state index contributed by atoms with van der Waals surface area (Å²) in [6, 6.07) is 10.7. The number of rotatable bonds is 6. The van der Waals surface area contributed by atoms with Crippen LogP contribution < -0.4 is 5.32 Å². The second-order valence-electron chi connectivity index (χ2n) is 7.27. The molecule has 2 aromatic heterocycles. The molecule has 1 aromatic carbocycles. The lowest BCUT2D eigenvalue weighted by Gasteiger charge is -2.30. The van der Waals surface area contributed by atoms with Crippen LogP contribution in [-0.2, 0) is 11.3 Å². The van der Waals surface area contributed by atoms with E-state index in [0.717, 1.165) is 24.5 Å². The number of nitrogens with zero attached hydrogens (tertiary/aromatic N) is 3. The van der Waals surface area contributed by atoms with Crippen LogP contribution in [0.5, 0.6) is 0 Å². The largest absolute Gasteiger partial charge is 0.385 e. The van der Waals surface area contributed by atoms with Crippen molar-refractivity contribution < 1.29 is 14.4 Å². The number of aliphatic hydroxyl groups is 1. The van der Waals surface area contributed by atoms with Gasteiger partial charge in [-0.05, 0) is 37.5 Å². The van der Waals surface area contributed by atoms with Crippen LogP contribution >= 0.6 is 0 Å². The molecule has 7 heteroatoms. The molecule has 0 aliphatic carbocycles. The summed E-state index contributed by atoms with van der Waals surface area (Å²) in [4.78, 5) is 4.15. The van der Waals surface area contributed by atoms with E-state index in [2.05, 4.69) is 46.4 Å². The second-order valence-corrected chi connectivity index (χ2v) is 7.27. The first kappa shape index (κ1) is 19.4. The highest BCUT2D eigenvalue weighted by Gasteiger charge is 2.20. The molecule has 0 spiro atoms. The van der Waals surface area contributed by atoms with Gasteiger partial charge in [0.1, 0.15) is 17.6 Å². The molecular formula is C22H24N4O3. The quantitative estimate of drug-likeness (QED) is 0.627. The minimum absolute atomic E-state index is 0.275. The van der Waals surface area contributed by atoms with Gasteiger partial charge in [0.25, 0.3) is 0 Å². The third-order valence-corrected chi connectivity index (χ3v) is 4.88. The Morgan fingerprint density at radius 2 is 2.03 bits per heavy atom. The molecule has 1 aliphatic rings. The van der Waals surface area contributed by atoms with Crippen LogP contribution in [0.2, 0.25) is 0 Å². The van der Waals surface area contributed by atoms with Crippen molar-refractivity contribution in [2.45, 2.75) is 38.6 Å². The maximum atomic E-state index is 9.74. The monoisotopic (exact) mass is 392 g/mol. The van der Waals surface area contributed by atoms with Crippen LogP contribution in [0.25, 0.3) is 0 Å². The fourth-order valence-corrected chi connectivity index (χ4v) is 3.21. The van der Waals surface area contributed by atoms with E-state index in [4.69, 9.17) is 9.26 Å². The summed E-state index contributed by atoms with van der Waals surface area (Å²) in [6.07, 6.45) is 2.82. The molecule has 1 aliphatic heterocycles. The summed E-state index contributed by atoms with van der Waals surface area (Å²) < 4.78 is 12.4. The summed E-state index contributed by atoms with van der Waals surface area (Å²) >= 11 is 0. The predicted molar refractivity (Wildman–Crippen MR) is 107 cm³/mol. The molecule has 0 amide bonds. The Morgan fingerprint density at radius 3 is 2.72 bits per heavy atom. The zero-order chi connectivity index (χ0) is 20.2. The predicted octanol–water partition coefficient (Wildman–Crippen LogP) is 2.42. The molecule has 0 radical (unpaired) electrons. The average molecular weight is 392 g/mol. The number of imidazole rings is 1. The smallest absolute Gasteiger partial charge is 0.210 e. The van der Waals surface area contributed by atoms with E-state index in [1.807, 2.05) is 16.7 Å². The van der Waals surface area contributed by atoms with Gasteiger partial charge in [-0.25, -0.2) is 4.98 Å². The topological polar surface area (TPSA) is 85.3 Å². The van der Waals surface area contributed by atoms with Gasteiger partial charge in [0.05, 0.1) is 25.8 Å². The van der Waals surface area contributed by atoms with Crippen LogP contribution in [-0.4, -0.2) is 39.1 Å². The van der Waals surface area contributed by atoms with Crippen molar-refractivity contribution in [1.29, 1.82) is 0 Å². The minimum Gasteiger partial charge on any atom is -0.385 e. The fraction of sp³-hybridized carbons (Fsp3) is 0.364. The normalized spacial score (nSPS) is 16.0. The van der Waals surface area contributed by atoms with Crippen LogP contribution in [0.15, 0.2) is 47.2 Å². The number of aliphatic hydroxyl groups excluding tert-OH is 1. The maximum Gasteiger partial charge on any atom is 0.210 e. The molecule has 7 nitrogen and oxygen atoms in total. The van der Waals surface area contributed by atoms with Gasteiger partial charge in [-0.1, -0.05) is 23.2 Å². The van der Waals surface area contributed by atoms with Gasteiger partial charge in [0, 0.05) is 30.1 Å². The van der Waals surface area contributed by atoms with Crippen molar-refractivity contribution in [3.63, 3.8) is 0 Å². The van der Waals surface area contributed by atoms with Crippen molar-refractivity contribution >= 4 is 0 Å². The number of hydrogen-bond acceptors (Lipinski definition) is 6. The van der Waals surface area contributed by atoms with Gasteiger partial charge >= 0.3 is 0 Å².